The highest BCUT2D eigenvalue weighted by Gasteiger charge is 2.18. The van der Waals surface area contributed by atoms with E-state index in [0.717, 1.165) is 22.6 Å². The van der Waals surface area contributed by atoms with Gasteiger partial charge in [0.1, 0.15) is 0 Å². The van der Waals surface area contributed by atoms with E-state index in [9.17, 15) is 0 Å². The lowest BCUT2D eigenvalue weighted by atomic mass is 10.1. The first kappa shape index (κ1) is 14.5. The number of hydrogen-bond acceptors (Lipinski definition) is 3. The van der Waals surface area contributed by atoms with E-state index in [1.165, 1.54) is 0 Å². The number of rotatable bonds is 4. The fraction of sp³-hybridized carbons (Fsp3) is 0.250. The van der Waals surface area contributed by atoms with Gasteiger partial charge in [0.05, 0.1) is 0 Å². The van der Waals surface area contributed by atoms with E-state index in [-0.39, 0.29) is 12.8 Å². The van der Waals surface area contributed by atoms with Gasteiger partial charge < -0.3 is 14.8 Å². The zero-order valence-electron chi connectivity index (χ0n) is 11.5. The average Bonchev–Trinajstić information content (AvgIpc) is 2.93. The molecule has 1 heterocycles. The van der Waals surface area contributed by atoms with Crippen molar-refractivity contribution in [3.05, 3.63) is 57.6 Å². The van der Waals surface area contributed by atoms with Gasteiger partial charge in [0, 0.05) is 28.2 Å². The molecule has 1 aliphatic rings. The van der Waals surface area contributed by atoms with Crippen LogP contribution in [0.15, 0.2) is 36.4 Å². The van der Waals surface area contributed by atoms with Gasteiger partial charge in [-0.1, -0.05) is 41.4 Å². The van der Waals surface area contributed by atoms with Gasteiger partial charge in [0.25, 0.3) is 0 Å². The van der Waals surface area contributed by atoms with Crippen LogP contribution in [0.2, 0.25) is 10.0 Å². The van der Waals surface area contributed by atoms with Crippen molar-refractivity contribution in [3.63, 3.8) is 0 Å². The van der Waals surface area contributed by atoms with E-state index in [1.54, 1.807) is 6.07 Å². The van der Waals surface area contributed by atoms with E-state index in [0.29, 0.717) is 16.6 Å². The van der Waals surface area contributed by atoms with Crippen molar-refractivity contribution < 1.29 is 9.47 Å². The molecule has 0 fully saturated rings. The zero-order valence-corrected chi connectivity index (χ0v) is 13.0. The summed E-state index contributed by atoms with van der Waals surface area (Å²) in [5.41, 5.74) is 2.09. The van der Waals surface area contributed by atoms with Crippen LogP contribution in [0.4, 0.5) is 0 Å². The number of nitrogens with one attached hydrogen (secondary N) is 1. The summed E-state index contributed by atoms with van der Waals surface area (Å²) in [4.78, 5) is 0. The van der Waals surface area contributed by atoms with E-state index < -0.39 is 0 Å². The first-order valence-electron chi connectivity index (χ1n) is 6.71. The van der Waals surface area contributed by atoms with Gasteiger partial charge >= 0.3 is 0 Å². The minimum Gasteiger partial charge on any atom is -0.454 e. The normalized spacial score (nSPS) is 14.2. The Morgan fingerprint density at radius 1 is 1.19 bits per heavy atom. The summed E-state index contributed by atoms with van der Waals surface area (Å²) in [6.45, 7) is 3.02. The minimum absolute atomic E-state index is 0.105. The Bertz CT molecular complexity index is 661. The predicted molar refractivity (Wildman–Crippen MR) is 84.3 cm³/mol. The molecule has 110 valence electrons. The Morgan fingerprint density at radius 2 is 2.05 bits per heavy atom. The van der Waals surface area contributed by atoms with Crippen molar-refractivity contribution in [1.82, 2.24) is 5.32 Å². The van der Waals surface area contributed by atoms with Crippen molar-refractivity contribution in [2.45, 2.75) is 19.5 Å². The highest BCUT2D eigenvalue weighted by Crippen LogP contribution is 2.35. The number of fused-ring (bicyclic) bond motifs is 1. The molecule has 3 nitrogen and oxygen atoms in total. The van der Waals surface area contributed by atoms with Crippen LogP contribution >= 0.6 is 23.2 Å². The second-order valence-electron chi connectivity index (χ2n) is 4.92. The van der Waals surface area contributed by atoms with Gasteiger partial charge in [-0.05, 0) is 30.7 Å². The van der Waals surface area contributed by atoms with Crippen molar-refractivity contribution in [2.24, 2.45) is 0 Å². The fourth-order valence-corrected chi connectivity index (χ4v) is 2.93. The average molecular weight is 324 g/mol. The van der Waals surface area contributed by atoms with Crippen LogP contribution in [-0.4, -0.2) is 6.79 Å². The number of benzene rings is 2. The van der Waals surface area contributed by atoms with Gasteiger partial charge in [-0.25, -0.2) is 0 Å². The smallest absolute Gasteiger partial charge is 0.231 e. The van der Waals surface area contributed by atoms with Gasteiger partial charge in [-0.3, -0.25) is 0 Å². The highest BCUT2D eigenvalue weighted by atomic mass is 35.5. The van der Waals surface area contributed by atoms with Crippen molar-refractivity contribution in [3.8, 4) is 11.5 Å². The summed E-state index contributed by atoms with van der Waals surface area (Å²) in [6.07, 6.45) is 0. The maximum absolute atomic E-state index is 6.23. The summed E-state index contributed by atoms with van der Waals surface area (Å²) < 4.78 is 10.9. The second-order valence-corrected chi connectivity index (χ2v) is 5.76. The van der Waals surface area contributed by atoms with Gasteiger partial charge in [0.2, 0.25) is 6.79 Å². The fourth-order valence-electron chi connectivity index (χ4n) is 2.36. The zero-order chi connectivity index (χ0) is 14.8. The van der Waals surface area contributed by atoms with Gasteiger partial charge in [-0.15, -0.1) is 0 Å². The number of ether oxygens (including phenoxy) is 2. The number of para-hydroxylation sites is 1. The van der Waals surface area contributed by atoms with Crippen molar-refractivity contribution in [1.29, 1.82) is 0 Å². The van der Waals surface area contributed by atoms with Crippen LogP contribution in [0.3, 0.4) is 0 Å². The molecular weight excluding hydrogens is 309 g/mol. The molecule has 3 rings (SSSR count). The molecule has 0 saturated heterocycles. The lowest BCUT2D eigenvalue weighted by molar-refractivity contribution is 0.173. The Balaban J connectivity index is 1.72. The third kappa shape index (κ3) is 3.10. The number of halogens is 2. The van der Waals surface area contributed by atoms with Crippen LogP contribution in [0.25, 0.3) is 0 Å². The van der Waals surface area contributed by atoms with Crippen molar-refractivity contribution >= 4 is 23.2 Å². The number of hydrogen-bond donors (Lipinski definition) is 1. The summed E-state index contributed by atoms with van der Waals surface area (Å²) in [7, 11) is 0. The minimum atomic E-state index is 0.105. The molecule has 21 heavy (non-hydrogen) atoms. The molecule has 0 saturated carbocycles. The van der Waals surface area contributed by atoms with Gasteiger partial charge in [-0.2, -0.15) is 0 Å². The second kappa shape index (κ2) is 6.14. The molecule has 1 unspecified atom stereocenters. The highest BCUT2D eigenvalue weighted by molar-refractivity contribution is 6.35. The molecule has 0 amide bonds. The third-order valence-electron chi connectivity index (χ3n) is 3.51. The topological polar surface area (TPSA) is 30.5 Å². The monoisotopic (exact) mass is 323 g/mol. The van der Waals surface area contributed by atoms with Crippen LogP contribution in [0, 0.1) is 0 Å². The lowest BCUT2D eigenvalue weighted by Gasteiger charge is -2.16. The van der Waals surface area contributed by atoms with Gasteiger partial charge in [0.15, 0.2) is 11.5 Å². The summed E-state index contributed by atoms with van der Waals surface area (Å²) in [6, 6.07) is 11.5. The standard InChI is InChI=1S/C16H15Cl2NO2/c1-10(13-6-5-12(17)7-14(13)18)19-8-11-3-2-4-15-16(11)21-9-20-15/h2-7,10,19H,8-9H2,1H3. The van der Waals surface area contributed by atoms with Crippen molar-refractivity contribution in [2.75, 3.05) is 6.79 Å². The molecule has 0 aromatic heterocycles. The van der Waals surface area contributed by atoms with E-state index in [2.05, 4.69) is 12.2 Å². The summed E-state index contributed by atoms with van der Waals surface area (Å²) in [5, 5.41) is 4.75. The molecule has 2 aromatic rings. The molecular formula is C16H15Cl2NO2. The van der Waals surface area contributed by atoms with Crippen LogP contribution in [-0.2, 0) is 6.54 Å². The SMILES string of the molecule is CC(NCc1cccc2c1OCO2)c1ccc(Cl)cc1Cl. The Morgan fingerprint density at radius 3 is 2.86 bits per heavy atom. The van der Waals surface area contributed by atoms with E-state index in [4.69, 9.17) is 32.7 Å². The van der Waals surface area contributed by atoms with E-state index >= 15 is 0 Å². The van der Waals surface area contributed by atoms with Crippen LogP contribution < -0.4 is 14.8 Å². The molecule has 2 aromatic carbocycles. The first-order chi connectivity index (χ1) is 10.1. The van der Waals surface area contributed by atoms with Crippen LogP contribution in [0.1, 0.15) is 24.1 Å². The quantitative estimate of drug-likeness (QED) is 0.893. The molecule has 1 aliphatic heterocycles. The maximum atomic E-state index is 6.23. The maximum Gasteiger partial charge on any atom is 0.231 e. The summed E-state index contributed by atoms with van der Waals surface area (Å²) in [5.74, 6) is 1.62. The third-order valence-corrected chi connectivity index (χ3v) is 4.07. The van der Waals surface area contributed by atoms with E-state index in [1.807, 2.05) is 30.3 Å². The molecule has 0 bridgehead atoms. The van der Waals surface area contributed by atoms with Crippen LogP contribution in [0.5, 0.6) is 11.5 Å². The molecule has 0 aliphatic carbocycles. The molecule has 1 N–H and O–H groups in total. The Labute approximate surface area is 133 Å². The first-order valence-corrected chi connectivity index (χ1v) is 7.46. The molecule has 0 spiro atoms. The Hall–Kier alpha value is -1.42. The molecule has 1 atom stereocenters. The Kier molecular flexibility index (Phi) is 4.24. The predicted octanol–water partition coefficient (Wildman–Crippen LogP) is 4.57. The molecule has 5 heteroatoms. The largest absolute Gasteiger partial charge is 0.454 e. The summed E-state index contributed by atoms with van der Waals surface area (Å²) >= 11 is 12.2. The molecule has 0 radical (unpaired) electrons. The lowest BCUT2D eigenvalue weighted by Crippen LogP contribution is -2.18.